The lowest BCUT2D eigenvalue weighted by molar-refractivity contribution is 0.102. The Morgan fingerprint density at radius 1 is 1.13 bits per heavy atom. The second-order valence-electron chi connectivity index (χ2n) is 7.78. The van der Waals surface area contributed by atoms with E-state index in [1.165, 1.54) is 11.8 Å². The van der Waals surface area contributed by atoms with Crippen LogP contribution in [0.5, 0.6) is 5.75 Å². The first-order chi connectivity index (χ1) is 14.3. The number of thioether (sulfide) groups is 1. The number of carbonyl (C=O) groups excluding carboxylic acids is 1. The van der Waals surface area contributed by atoms with Crippen LogP contribution in [-0.4, -0.2) is 38.0 Å². The Labute approximate surface area is 182 Å². The van der Waals surface area contributed by atoms with Crippen LogP contribution in [0.15, 0.2) is 35.5 Å². The Kier molecular flexibility index (Phi) is 7.02. The van der Waals surface area contributed by atoms with Crippen LogP contribution >= 0.6 is 11.8 Å². The van der Waals surface area contributed by atoms with Crippen molar-refractivity contribution >= 4 is 17.5 Å². The van der Waals surface area contributed by atoms with E-state index >= 15 is 0 Å². The molecule has 0 aliphatic heterocycles. The highest BCUT2D eigenvalue weighted by molar-refractivity contribution is 7.99. The third-order valence-electron chi connectivity index (χ3n) is 5.14. The molecule has 160 valence electrons. The summed E-state index contributed by atoms with van der Waals surface area (Å²) in [5.41, 5.74) is 3.93. The van der Waals surface area contributed by atoms with Crippen molar-refractivity contribution in [3.8, 4) is 17.1 Å². The van der Waals surface area contributed by atoms with Gasteiger partial charge in [-0.05, 0) is 57.0 Å². The predicted molar refractivity (Wildman–Crippen MR) is 121 cm³/mol. The van der Waals surface area contributed by atoms with Gasteiger partial charge in [0, 0.05) is 35.6 Å². The number of ether oxygens (including phenoxy) is 1. The normalized spacial score (nSPS) is 11.3. The molecule has 0 saturated heterocycles. The molecule has 0 aliphatic rings. The summed E-state index contributed by atoms with van der Waals surface area (Å²) in [7, 11) is 1.65. The first-order valence-electron chi connectivity index (χ1n) is 10.3. The first kappa shape index (κ1) is 22.2. The average molecular weight is 427 g/mol. The molecule has 0 fully saturated rings. The molecule has 0 aliphatic carbocycles. The number of ketones is 1. The SMILES string of the molecule is CCn1c(C)cc(C(=O)CSc2nnc(-c3ccc(OC)cc3)n2CC(C)C)c1C. The van der Waals surface area contributed by atoms with E-state index in [1.807, 2.05) is 44.2 Å². The Hall–Kier alpha value is -2.54. The standard InChI is InChI=1S/C23H30N4O2S/c1-7-26-16(4)12-20(17(26)5)21(28)14-30-23-25-24-22(27(23)13-15(2)3)18-8-10-19(29-6)11-9-18/h8-12,15H,7,13-14H2,1-6H3. The van der Waals surface area contributed by atoms with E-state index in [4.69, 9.17) is 4.74 Å². The number of aromatic nitrogens is 4. The topological polar surface area (TPSA) is 61.9 Å². The van der Waals surface area contributed by atoms with Crippen molar-refractivity contribution in [2.45, 2.75) is 52.9 Å². The molecule has 0 bridgehead atoms. The van der Waals surface area contributed by atoms with Crippen molar-refractivity contribution in [3.05, 3.63) is 47.3 Å². The number of rotatable bonds is 9. The van der Waals surface area contributed by atoms with Gasteiger partial charge in [0.25, 0.3) is 0 Å². The molecule has 2 heterocycles. The lowest BCUT2D eigenvalue weighted by Crippen LogP contribution is -2.10. The zero-order valence-corrected chi connectivity index (χ0v) is 19.4. The monoisotopic (exact) mass is 426 g/mol. The van der Waals surface area contributed by atoms with Crippen molar-refractivity contribution in [1.29, 1.82) is 0 Å². The number of methoxy groups -OCH3 is 1. The molecule has 1 aromatic carbocycles. The van der Waals surface area contributed by atoms with Crippen molar-refractivity contribution in [3.63, 3.8) is 0 Å². The largest absolute Gasteiger partial charge is 0.497 e. The number of Topliss-reactive ketones (excluding diaryl/α,β-unsaturated/α-hetero) is 1. The maximum atomic E-state index is 12.9. The zero-order chi connectivity index (χ0) is 21.8. The smallest absolute Gasteiger partial charge is 0.191 e. The van der Waals surface area contributed by atoms with Crippen LogP contribution < -0.4 is 4.74 Å². The summed E-state index contributed by atoms with van der Waals surface area (Å²) in [5.74, 6) is 2.51. The third-order valence-corrected chi connectivity index (χ3v) is 6.10. The summed E-state index contributed by atoms with van der Waals surface area (Å²) in [6.07, 6.45) is 0. The predicted octanol–water partition coefficient (Wildman–Crippen LogP) is 5.02. The number of benzene rings is 1. The molecule has 7 heteroatoms. The fourth-order valence-corrected chi connectivity index (χ4v) is 4.49. The van der Waals surface area contributed by atoms with Crippen LogP contribution in [0.4, 0.5) is 0 Å². The van der Waals surface area contributed by atoms with E-state index in [-0.39, 0.29) is 5.78 Å². The van der Waals surface area contributed by atoms with Crippen molar-refractivity contribution in [2.75, 3.05) is 12.9 Å². The van der Waals surface area contributed by atoms with Crippen LogP contribution in [0.2, 0.25) is 0 Å². The molecular weight excluding hydrogens is 396 g/mol. The maximum absolute atomic E-state index is 12.9. The molecule has 6 nitrogen and oxygen atoms in total. The molecule has 0 N–H and O–H groups in total. The Bertz CT molecular complexity index is 1020. The summed E-state index contributed by atoms with van der Waals surface area (Å²) in [4.78, 5) is 12.9. The molecule has 30 heavy (non-hydrogen) atoms. The van der Waals surface area contributed by atoms with Gasteiger partial charge in [-0.2, -0.15) is 0 Å². The minimum atomic E-state index is 0.123. The molecule has 0 atom stereocenters. The number of hydrogen-bond donors (Lipinski definition) is 0. The number of hydrogen-bond acceptors (Lipinski definition) is 5. The van der Waals surface area contributed by atoms with Crippen LogP contribution in [0, 0.1) is 19.8 Å². The van der Waals surface area contributed by atoms with Crippen LogP contribution in [0.25, 0.3) is 11.4 Å². The van der Waals surface area contributed by atoms with E-state index in [0.29, 0.717) is 11.7 Å². The highest BCUT2D eigenvalue weighted by Crippen LogP contribution is 2.27. The quantitative estimate of drug-likeness (QED) is 0.355. The van der Waals surface area contributed by atoms with Gasteiger partial charge in [0.1, 0.15) is 5.75 Å². The molecule has 3 aromatic rings. The Morgan fingerprint density at radius 3 is 2.40 bits per heavy atom. The highest BCUT2D eigenvalue weighted by atomic mass is 32.2. The average Bonchev–Trinajstić information content (AvgIpc) is 3.25. The van der Waals surface area contributed by atoms with Gasteiger partial charge >= 0.3 is 0 Å². The van der Waals surface area contributed by atoms with E-state index in [9.17, 15) is 4.79 Å². The van der Waals surface area contributed by atoms with Crippen molar-refractivity contribution < 1.29 is 9.53 Å². The molecule has 0 unspecified atom stereocenters. The summed E-state index contributed by atoms with van der Waals surface area (Å²) in [6, 6.07) is 9.80. The van der Waals surface area contributed by atoms with Gasteiger partial charge in [0.2, 0.25) is 0 Å². The van der Waals surface area contributed by atoms with Gasteiger partial charge in [-0.1, -0.05) is 25.6 Å². The van der Waals surface area contributed by atoms with Gasteiger partial charge in [0.05, 0.1) is 12.9 Å². The van der Waals surface area contributed by atoms with Gasteiger partial charge in [0.15, 0.2) is 16.8 Å². The van der Waals surface area contributed by atoms with Crippen LogP contribution in [-0.2, 0) is 13.1 Å². The number of nitrogens with zero attached hydrogens (tertiary/aromatic N) is 4. The van der Waals surface area contributed by atoms with Crippen LogP contribution in [0.1, 0.15) is 42.5 Å². The van der Waals surface area contributed by atoms with Crippen molar-refractivity contribution in [1.82, 2.24) is 19.3 Å². The molecule has 0 amide bonds. The third kappa shape index (κ3) is 4.61. The summed E-state index contributed by atoms with van der Waals surface area (Å²) in [5, 5.41) is 9.60. The number of aryl methyl sites for hydroxylation is 1. The summed E-state index contributed by atoms with van der Waals surface area (Å²) < 4.78 is 9.53. The minimum Gasteiger partial charge on any atom is -0.497 e. The first-order valence-corrected chi connectivity index (χ1v) is 11.2. The molecule has 0 saturated carbocycles. The Morgan fingerprint density at radius 2 is 1.83 bits per heavy atom. The molecule has 3 rings (SSSR count). The molecule has 0 radical (unpaired) electrons. The van der Waals surface area contributed by atoms with Crippen LogP contribution in [0.3, 0.4) is 0 Å². The maximum Gasteiger partial charge on any atom is 0.191 e. The van der Waals surface area contributed by atoms with Gasteiger partial charge in [-0.3, -0.25) is 4.79 Å². The van der Waals surface area contributed by atoms with E-state index in [1.54, 1.807) is 7.11 Å². The second kappa shape index (κ2) is 9.51. The van der Waals surface area contributed by atoms with Crippen molar-refractivity contribution in [2.24, 2.45) is 5.92 Å². The Balaban J connectivity index is 1.83. The summed E-state index contributed by atoms with van der Waals surface area (Å²) >= 11 is 1.45. The zero-order valence-electron chi connectivity index (χ0n) is 18.6. The van der Waals surface area contributed by atoms with Gasteiger partial charge in [-0.25, -0.2) is 0 Å². The fourth-order valence-electron chi connectivity index (χ4n) is 3.66. The molecule has 0 spiro atoms. The van der Waals surface area contributed by atoms with E-state index < -0.39 is 0 Å². The fraction of sp³-hybridized carbons (Fsp3) is 0.435. The van der Waals surface area contributed by atoms with E-state index in [0.717, 1.165) is 52.3 Å². The van der Waals surface area contributed by atoms with E-state index in [2.05, 4.69) is 40.1 Å². The summed E-state index contributed by atoms with van der Waals surface area (Å²) in [6.45, 7) is 12.1. The highest BCUT2D eigenvalue weighted by Gasteiger charge is 2.19. The molecular formula is C23H30N4O2S. The number of carbonyl (C=O) groups is 1. The lowest BCUT2D eigenvalue weighted by Gasteiger charge is -2.12. The van der Waals surface area contributed by atoms with Gasteiger partial charge < -0.3 is 13.9 Å². The molecule has 2 aromatic heterocycles. The van der Waals surface area contributed by atoms with Gasteiger partial charge in [-0.15, -0.1) is 10.2 Å². The lowest BCUT2D eigenvalue weighted by atomic mass is 10.2. The minimum absolute atomic E-state index is 0.123. The second-order valence-corrected chi connectivity index (χ2v) is 8.72.